The van der Waals surface area contributed by atoms with E-state index in [1.807, 2.05) is 37.2 Å². The summed E-state index contributed by atoms with van der Waals surface area (Å²) < 4.78 is 10.7. The molecule has 2 aromatic rings. The fourth-order valence-corrected chi connectivity index (χ4v) is 4.03. The van der Waals surface area contributed by atoms with Crippen molar-refractivity contribution < 1.29 is 19.1 Å². The lowest BCUT2D eigenvalue weighted by atomic mass is 10.1. The van der Waals surface area contributed by atoms with Crippen LogP contribution in [0, 0.1) is 0 Å². The molecule has 0 spiro atoms. The molecule has 1 aliphatic rings. The highest BCUT2D eigenvalue weighted by Crippen LogP contribution is 2.27. The van der Waals surface area contributed by atoms with Crippen LogP contribution in [-0.4, -0.2) is 63.8 Å². The maximum Gasteiger partial charge on any atom is 0.255 e. The van der Waals surface area contributed by atoms with Gasteiger partial charge in [0.1, 0.15) is 6.61 Å². The van der Waals surface area contributed by atoms with Crippen LogP contribution in [0.25, 0.3) is 0 Å². The summed E-state index contributed by atoms with van der Waals surface area (Å²) in [4.78, 5) is 29.2. The zero-order valence-corrected chi connectivity index (χ0v) is 19.5. The number of benzene rings is 2. The van der Waals surface area contributed by atoms with Gasteiger partial charge in [0.05, 0.1) is 16.7 Å². The summed E-state index contributed by atoms with van der Waals surface area (Å²) in [6.07, 6.45) is 1.90. The molecule has 1 heterocycles. The number of nitrogens with one attached hydrogen (secondary N) is 1. The van der Waals surface area contributed by atoms with Gasteiger partial charge in [0.15, 0.2) is 0 Å². The Morgan fingerprint density at radius 1 is 1.22 bits per heavy atom. The first-order chi connectivity index (χ1) is 15.4. The van der Waals surface area contributed by atoms with E-state index in [9.17, 15) is 9.59 Å². The highest BCUT2D eigenvalue weighted by Gasteiger charge is 2.26. The van der Waals surface area contributed by atoms with Gasteiger partial charge in [-0.25, -0.2) is 0 Å². The molecular formula is C24H30ClN3O4. The predicted molar refractivity (Wildman–Crippen MR) is 126 cm³/mol. The zero-order chi connectivity index (χ0) is 23.1. The van der Waals surface area contributed by atoms with E-state index >= 15 is 0 Å². The molecule has 3 rings (SSSR count). The summed E-state index contributed by atoms with van der Waals surface area (Å²) in [7, 11) is 5.37. The van der Waals surface area contributed by atoms with E-state index in [4.69, 9.17) is 21.1 Å². The van der Waals surface area contributed by atoms with Gasteiger partial charge in [-0.2, -0.15) is 0 Å². The molecule has 0 aromatic heterocycles. The molecule has 32 heavy (non-hydrogen) atoms. The van der Waals surface area contributed by atoms with Crippen molar-refractivity contribution in [2.45, 2.75) is 25.5 Å². The zero-order valence-electron chi connectivity index (χ0n) is 18.8. The number of hydrogen-bond acceptors (Lipinski definition) is 5. The van der Waals surface area contributed by atoms with Crippen molar-refractivity contribution in [1.82, 2.24) is 4.90 Å². The van der Waals surface area contributed by atoms with Crippen molar-refractivity contribution in [3.63, 3.8) is 0 Å². The van der Waals surface area contributed by atoms with Crippen LogP contribution in [0.4, 0.5) is 11.4 Å². The van der Waals surface area contributed by atoms with Gasteiger partial charge in [-0.05, 0) is 48.7 Å². The SMILES string of the molecule is COCC(=O)Nc1ccc(N(C)C)c(CN(CC2CCCO2)C(=O)c2ccccc2Cl)c1. The Morgan fingerprint density at radius 2 is 2.00 bits per heavy atom. The van der Waals surface area contributed by atoms with Gasteiger partial charge in [-0.15, -0.1) is 0 Å². The standard InChI is InChI=1S/C24H30ClN3O4/c1-27(2)22-11-10-18(26-23(29)16-31-3)13-17(22)14-28(15-19-7-6-12-32-19)24(30)20-8-4-5-9-21(20)25/h4-5,8-11,13,19H,6-7,12,14-16H2,1-3H3,(H,26,29). The first-order valence-electron chi connectivity index (χ1n) is 10.6. The smallest absolute Gasteiger partial charge is 0.255 e. The lowest BCUT2D eigenvalue weighted by Crippen LogP contribution is -2.37. The summed E-state index contributed by atoms with van der Waals surface area (Å²) in [6.45, 7) is 1.51. The minimum atomic E-state index is -0.237. The topological polar surface area (TPSA) is 71.1 Å². The highest BCUT2D eigenvalue weighted by atomic mass is 35.5. The van der Waals surface area contributed by atoms with Gasteiger partial charge in [0, 0.05) is 52.3 Å². The van der Waals surface area contributed by atoms with E-state index < -0.39 is 0 Å². The van der Waals surface area contributed by atoms with Crippen LogP contribution < -0.4 is 10.2 Å². The predicted octanol–water partition coefficient (Wildman–Crippen LogP) is 3.81. The third-order valence-corrected chi connectivity index (χ3v) is 5.65. The molecule has 0 bridgehead atoms. The number of anilines is 2. The molecule has 8 heteroatoms. The number of ether oxygens (including phenoxy) is 2. The maximum atomic E-state index is 13.5. The molecule has 2 amide bonds. The van der Waals surface area contributed by atoms with Crippen molar-refractivity contribution in [2.24, 2.45) is 0 Å². The largest absolute Gasteiger partial charge is 0.377 e. The van der Waals surface area contributed by atoms with Crippen molar-refractivity contribution in [1.29, 1.82) is 0 Å². The second-order valence-electron chi connectivity index (χ2n) is 8.02. The number of carbonyl (C=O) groups excluding carboxylic acids is 2. The molecule has 1 fully saturated rings. The second kappa shape index (κ2) is 11.3. The van der Waals surface area contributed by atoms with Gasteiger partial charge in [-0.1, -0.05) is 23.7 Å². The third kappa shape index (κ3) is 6.22. The highest BCUT2D eigenvalue weighted by molar-refractivity contribution is 6.33. The Bertz CT molecular complexity index is 945. The van der Waals surface area contributed by atoms with Crippen LogP contribution >= 0.6 is 11.6 Å². The van der Waals surface area contributed by atoms with Gasteiger partial charge in [-0.3, -0.25) is 9.59 Å². The summed E-state index contributed by atoms with van der Waals surface area (Å²) in [5.74, 6) is -0.385. The molecule has 1 unspecified atom stereocenters. The van der Waals surface area contributed by atoms with Crippen LogP contribution in [0.2, 0.25) is 5.02 Å². The molecular weight excluding hydrogens is 430 g/mol. The number of halogens is 1. The molecule has 1 aliphatic heterocycles. The number of methoxy groups -OCH3 is 1. The monoisotopic (exact) mass is 459 g/mol. The van der Waals surface area contributed by atoms with Crippen molar-refractivity contribution in [3.05, 3.63) is 58.6 Å². The molecule has 7 nitrogen and oxygen atoms in total. The molecule has 1 saturated heterocycles. The third-order valence-electron chi connectivity index (χ3n) is 5.32. The molecule has 1 atom stereocenters. The lowest BCUT2D eigenvalue weighted by Gasteiger charge is -2.28. The minimum absolute atomic E-state index is 0.00571. The number of rotatable bonds is 9. The van der Waals surface area contributed by atoms with Crippen LogP contribution in [0.3, 0.4) is 0 Å². The summed E-state index contributed by atoms with van der Waals surface area (Å²) in [5, 5.41) is 3.25. The van der Waals surface area contributed by atoms with Gasteiger partial charge in [0.25, 0.3) is 5.91 Å². The first-order valence-corrected chi connectivity index (χ1v) is 11.0. The maximum absolute atomic E-state index is 13.5. The van der Waals surface area contributed by atoms with Crippen molar-refractivity contribution in [2.75, 3.05) is 51.2 Å². The number of carbonyl (C=O) groups is 2. The van der Waals surface area contributed by atoms with Crippen LogP contribution in [0.1, 0.15) is 28.8 Å². The fourth-order valence-electron chi connectivity index (χ4n) is 3.82. The van der Waals surface area contributed by atoms with Crippen LogP contribution in [-0.2, 0) is 20.8 Å². The van der Waals surface area contributed by atoms with Gasteiger partial charge in [0.2, 0.25) is 5.91 Å². The van der Waals surface area contributed by atoms with E-state index in [1.54, 1.807) is 29.2 Å². The molecule has 2 aromatic carbocycles. The summed E-state index contributed by atoms with van der Waals surface area (Å²) in [6, 6.07) is 12.7. The Morgan fingerprint density at radius 3 is 2.66 bits per heavy atom. The number of amides is 2. The summed E-state index contributed by atoms with van der Waals surface area (Å²) >= 11 is 6.33. The molecule has 172 valence electrons. The fraction of sp³-hybridized carbons (Fsp3) is 0.417. The second-order valence-corrected chi connectivity index (χ2v) is 8.43. The number of nitrogens with zero attached hydrogens (tertiary/aromatic N) is 2. The average molecular weight is 460 g/mol. The van der Waals surface area contributed by atoms with E-state index in [0.29, 0.717) is 36.0 Å². The molecule has 0 radical (unpaired) electrons. The Kier molecular flexibility index (Phi) is 8.50. The van der Waals surface area contributed by atoms with E-state index in [1.165, 1.54) is 7.11 Å². The Balaban J connectivity index is 1.91. The van der Waals surface area contributed by atoms with E-state index in [-0.39, 0.29) is 24.5 Å². The molecule has 0 aliphatic carbocycles. The van der Waals surface area contributed by atoms with Gasteiger partial charge >= 0.3 is 0 Å². The summed E-state index contributed by atoms with van der Waals surface area (Å²) in [5.41, 5.74) is 2.97. The number of hydrogen-bond donors (Lipinski definition) is 1. The quantitative estimate of drug-likeness (QED) is 0.617. The van der Waals surface area contributed by atoms with E-state index in [0.717, 1.165) is 24.1 Å². The lowest BCUT2D eigenvalue weighted by molar-refractivity contribution is -0.119. The average Bonchev–Trinajstić information content (AvgIpc) is 3.26. The Labute approximate surface area is 194 Å². The van der Waals surface area contributed by atoms with Gasteiger partial charge < -0.3 is 24.6 Å². The Hall–Kier alpha value is -2.61. The molecule has 0 saturated carbocycles. The van der Waals surface area contributed by atoms with E-state index in [2.05, 4.69) is 5.32 Å². The molecule has 1 N–H and O–H groups in total. The minimum Gasteiger partial charge on any atom is -0.377 e. The van der Waals surface area contributed by atoms with Crippen molar-refractivity contribution >= 4 is 34.8 Å². The van der Waals surface area contributed by atoms with Crippen LogP contribution in [0.15, 0.2) is 42.5 Å². The first kappa shape index (κ1) is 24.0. The van der Waals surface area contributed by atoms with Crippen LogP contribution in [0.5, 0.6) is 0 Å². The normalized spacial score (nSPS) is 15.4. The van der Waals surface area contributed by atoms with Crippen molar-refractivity contribution in [3.8, 4) is 0 Å².